The summed E-state index contributed by atoms with van der Waals surface area (Å²) in [5, 5.41) is 2.93. The average molecular weight is 392 g/mol. The summed E-state index contributed by atoms with van der Waals surface area (Å²) >= 11 is 11.9. The Bertz CT molecular complexity index is 717. The summed E-state index contributed by atoms with van der Waals surface area (Å²) in [4.78, 5) is 13.6. The predicted molar refractivity (Wildman–Crippen MR) is 94.9 cm³/mol. The van der Waals surface area contributed by atoms with Gasteiger partial charge in [-0.2, -0.15) is 4.31 Å². The van der Waals surface area contributed by atoms with E-state index in [4.69, 9.17) is 23.2 Å². The molecule has 132 valence electrons. The highest BCUT2D eigenvalue weighted by Gasteiger charge is 2.31. The number of halogens is 2. The van der Waals surface area contributed by atoms with Crippen LogP contribution < -0.4 is 5.32 Å². The molecule has 6 nitrogen and oxygen atoms in total. The van der Waals surface area contributed by atoms with Gasteiger partial charge in [0, 0.05) is 32.7 Å². The van der Waals surface area contributed by atoms with E-state index in [1.54, 1.807) is 18.2 Å². The Morgan fingerprint density at radius 1 is 1.25 bits per heavy atom. The van der Waals surface area contributed by atoms with Crippen LogP contribution in [-0.4, -0.2) is 62.8 Å². The normalized spacial score (nSPS) is 16.8. The van der Waals surface area contributed by atoms with Crippen molar-refractivity contribution in [2.24, 2.45) is 0 Å². The van der Waals surface area contributed by atoms with Crippen molar-refractivity contribution in [3.8, 4) is 0 Å². The van der Waals surface area contributed by atoms with Gasteiger partial charge in [-0.1, -0.05) is 35.3 Å². The number of nitrogens with zero attached hydrogens (tertiary/aromatic N) is 2. The molecule has 0 radical (unpaired) electrons. The molecule has 0 unspecified atom stereocenters. The molecule has 1 saturated heterocycles. The molecular formula is C15H19Cl2N3O3S. The standard InChI is InChI=1S/C15H19Cl2N3O3S/c1-2-6-18-14(21)11-19-7-9-20(10-8-19)24(22,23)13-5-3-4-12(16)15(13)17/h2-5H,1,6-11H2,(H,18,21). The summed E-state index contributed by atoms with van der Waals surface area (Å²) in [6, 6.07) is 4.54. The SMILES string of the molecule is C=CCNC(=O)CN1CCN(S(=O)(=O)c2cccc(Cl)c2Cl)CC1. The van der Waals surface area contributed by atoms with Crippen LogP contribution in [0.15, 0.2) is 35.7 Å². The van der Waals surface area contributed by atoms with Crippen molar-refractivity contribution in [2.75, 3.05) is 39.3 Å². The van der Waals surface area contributed by atoms with E-state index in [2.05, 4.69) is 11.9 Å². The van der Waals surface area contributed by atoms with Crippen LogP contribution in [-0.2, 0) is 14.8 Å². The summed E-state index contributed by atoms with van der Waals surface area (Å²) in [6.45, 7) is 5.71. The summed E-state index contributed by atoms with van der Waals surface area (Å²) in [5.41, 5.74) is 0. The molecular weight excluding hydrogens is 373 g/mol. The molecule has 0 atom stereocenters. The lowest BCUT2D eigenvalue weighted by Crippen LogP contribution is -2.51. The van der Waals surface area contributed by atoms with E-state index in [1.807, 2.05) is 4.90 Å². The highest BCUT2D eigenvalue weighted by molar-refractivity contribution is 7.89. The molecule has 1 fully saturated rings. The molecule has 9 heteroatoms. The molecule has 0 saturated carbocycles. The fraction of sp³-hybridized carbons (Fsp3) is 0.400. The summed E-state index contributed by atoms with van der Waals surface area (Å²) in [7, 11) is -3.70. The van der Waals surface area contributed by atoms with Crippen molar-refractivity contribution in [1.29, 1.82) is 0 Å². The second-order valence-corrected chi connectivity index (χ2v) is 8.02. The van der Waals surface area contributed by atoms with E-state index in [-0.39, 0.29) is 27.4 Å². The van der Waals surface area contributed by atoms with Gasteiger partial charge in [0.1, 0.15) is 4.90 Å². The van der Waals surface area contributed by atoms with Gasteiger partial charge in [0.25, 0.3) is 0 Å². The van der Waals surface area contributed by atoms with E-state index in [0.29, 0.717) is 32.7 Å². The molecule has 1 aromatic carbocycles. The van der Waals surface area contributed by atoms with Crippen molar-refractivity contribution in [1.82, 2.24) is 14.5 Å². The van der Waals surface area contributed by atoms with Crippen molar-refractivity contribution < 1.29 is 13.2 Å². The number of amides is 1. The molecule has 2 rings (SSSR count). The zero-order valence-electron chi connectivity index (χ0n) is 13.0. The Balaban J connectivity index is 2.00. The molecule has 1 heterocycles. The van der Waals surface area contributed by atoms with Crippen LogP contribution in [0.2, 0.25) is 10.0 Å². The van der Waals surface area contributed by atoms with Gasteiger partial charge in [-0.15, -0.1) is 6.58 Å². The fourth-order valence-electron chi connectivity index (χ4n) is 2.40. The van der Waals surface area contributed by atoms with Gasteiger partial charge < -0.3 is 5.32 Å². The van der Waals surface area contributed by atoms with Crippen LogP contribution in [0, 0.1) is 0 Å². The molecule has 0 spiro atoms. The average Bonchev–Trinajstić information content (AvgIpc) is 2.56. The van der Waals surface area contributed by atoms with Crippen molar-refractivity contribution in [2.45, 2.75) is 4.90 Å². The Hall–Kier alpha value is -1.12. The Morgan fingerprint density at radius 2 is 1.92 bits per heavy atom. The third-order valence-corrected chi connectivity index (χ3v) is 6.55. The number of carbonyl (C=O) groups excluding carboxylic acids is 1. The molecule has 1 aliphatic heterocycles. The first-order chi connectivity index (χ1) is 11.4. The van der Waals surface area contributed by atoms with Crippen molar-refractivity contribution >= 4 is 39.1 Å². The van der Waals surface area contributed by atoms with Crippen LogP contribution in [0.5, 0.6) is 0 Å². The van der Waals surface area contributed by atoms with E-state index in [0.717, 1.165) is 0 Å². The first-order valence-corrected chi connectivity index (χ1v) is 9.60. The molecule has 1 aliphatic rings. The van der Waals surface area contributed by atoms with Gasteiger partial charge in [0.05, 0.1) is 16.6 Å². The molecule has 1 amide bonds. The van der Waals surface area contributed by atoms with Gasteiger partial charge in [-0.25, -0.2) is 8.42 Å². The minimum atomic E-state index is -3.70. The fourth-order valence-corrected chi connectivity index (χ4v) is 4.55. The second kappa shape index (κ2) is 8.31. The van der Waals surface area contributed by atoms with Gasteiger partial charge in [0.2, 0.25) is 15.9 Å². The van der Waals surface area contributed by atoms with E-state index >= 15 is 0 Å². The summed E-state index contributed by atoms with van der Waals surface area (Å²) in [6.07, 6.45) is 1.61. The number of sulfonamides is 1. The lowest BCUT2D eigenvalue weighted by Gasteiger charge is -2.33. The lowest BCUT2D eigenvalue weighted by atomic mass is 10.3. The maximum Gasteiger partial charge on any atom is 0.244 e. The molecule has 1 aromatic rings. The van der Waals surface area contributed by atoms with Crippen LogP contribution >= 0.6 is 23.2 Å². The molecule has 24 heavy (non-hydrogen) atoms. The first-order valence-electron chi connectivity index (χ1n) is 7.40. The van der Waals surface area contributed by atoms with Gasteiger partial charge in [-0.3, -0.25) is 9.69 Å². The second-order valence-electron chi connectivity index (χ2n) is 5.32. The van der Waals surface area contributed by atoms with Gasteiger partial charge in [-0.05, 0) is 12.1 Å². The molecule has 0 bridgehead atoms. The van der Waals surface area contributed by atoms with Crippen LogP contribution in [0.4, 0.5) is 0 Å². The highest BCUT2D eigenvalue weighted by Crippen LogP contribution is 2.31. The van der Waals surface area contributed by atoms with E-state index < -0.39 is 10.0 Å². The zero-order chi connectivity index (χ0) is 17.7. The largest absolute Gasteiger partial charge is 0.352 e. The molecule has 1 N–H and O–H groups in total. The first kappa shape index (κ1) is 19.2. The number of hydrogen-bond acceptors (Lipinski definition) is 4. The van der Waals surface area contributed by atoms with E-state index in [9.17, 15) is 13.2 Å². The monoisotopic (exact) mass is 391 g/mol. The molecule has 0 aliphatic carbocycles. The number of rotatable bonds is 6. The number of carbonyl (C=O) groups is 1. The summed E-state index contributed by atoms with van der Waals surface area (Å²) < 4.78 is 26.8. The highest BCUT2D eigenvalue weighted by atomic mass is 35.5. The number of hydrogen-bond donors (Lipinski definition) is 1. The Morgan fingerprint density at radius 3 is 2.54 bits per heavy atom. The third-order valence-electron chi connectivity index (χ3n) is 3.68. The smallest absolute Gasteiger partial charge is 0.244 e. The van der Waals surface area contributed by atoms with Crippen LogP contribution in [0.25, 0.3) is 0 Å². The number of nitrogens with one attached hydrogen (secondary N) is 1. The minimum Gasteiger partial charge on any atom is -0.352 e. The van der Waals surface area contributed by atoms with Gasteiger partial charge >= 0.3 is 0 Å². The van der Waals surface area contributed by atoms with Crippen molar-refractivity contribution in [3.05, 3.63) is 40.9 Å². The summed E-state index contributed by atoms with van der Waals surface area (Å²) in [5.74, 6) is -0.107. The Kier molecular flexibility index (Phi) is 6.65. The van der Waals surface area contributed by atoms with Crippen molar-refractivity contribution in [3.63, 3.8) is 0 Å². The lowest BCUT2D eigenvalue weighted by molar-refractivity contribution is -0.122. The third kappa shape index (κ3) is 4.49. The van der Waals surface area contributed by atoms with Gasteiger partial charge in [0.15, 0.2) is 0 Å². The molecule has 0 aromatic heterocycles. The Labute approximate surface area is 152 Å². The van der Waals surface area contributed by atoms with E-state index in [1.165, 1.54) is 10.4 Å². The predicted octanol–water partition coefficient (Wildman–Crippen LogP) is 1.60. The maximum atomic E-state index is 12.7. The number of piperazine rings is 1. The maximum absolute atomic E-state index is 12.7. The number of benzene rings is 1. The topological polar surface area (TPSA) is 69.7 Å². The van der Waals surface area contributed by atoms with Crippen LogP contribution in [0.1, 0.15) is 0 Å². The minimum absolute atomic E-state index is 0.00819. The quantitative estimate of drug-likeness (QED) is 0.747. The van der Waals surface area contributed by atoms with Crippen LogP contribution in [0.3, 0.4) is 0 Å². The zero-order valence-corrected chi connectivity index (χ0v) is 15.4.